The third-order valence-electron chi connectivity index (χ3n) is 7.31. The van der Waals surface area contributed by atoms with Gasteiger partial charge in [-0.2, -0.15) is 0 Å². The molecule has 2 aliphatic carbocycles. The third kappa shape index (κ3) is 5.01. The van der Waals surface area contributed by atoms with E-state index >= 15 is 0 Å². The Hall–Kier alpha value is -3.16. The van der Waals surface area contributed by atoms with Crippen molar-refractivity contribution in [1.29, 1.82) is 0 Å². The van der Waals surface area contributed by atoms with E-state index in [1.807, 2.05) is 0 Å². The lowest BCUT2D eigenvalue weighted by Gasteiger charge is -2.24. The van der Waals surface area contributed by atoms with Gasteiger partial charge in [-0.05, 0) is 31.0 Å². The molecule has 0 radical (unpaired) electrons. The Balaban J connectivity index is 1.83. The minimum atomic E-state index is -1.27. The van der Waals surface area contributed by atoms with Crippen molar-refractivity contribution in [3.8, 4) is 0 Å². The van der Waals surface area contributed by atoms with Crippen LogP contribution in [-0.2, 0) is 0 Å². The van der Waals surface area contributed by atoms with Crippen LogP contribution in [-0.4, -0.2) is 47.1 Å². The van der Waals surface area contributed by atoms with Crippen molar-refractivity contribution < 1.29 is 29.4 Å². The van der Waals surface area contributed by atoms with Gasteiger partial charge in [0.05, 0.1) is 11.1 Å². The molecule has 1 amide bonds. The summed E-state index contributed by atoms with van der Waals surface area (Å²) in [6.45, 7) is 0. The first-order valence-electron chi connectivity index (χ1n) is 12.3. The molecule has 178 valence electrons. The molecule has 2 fully saturated rings. The van der Waals surface area contributed by atoms with E-state index in [4.69, 9.17) is 0 Å². The first-order valence-corrected chi connectivity index (χ1v) is 12.3. The summed E-state index contributed by atoms with van der Waals surface area (Å²) in [6.07, 6.45) is 10.1. The summed E-state index contributed by atoms with van der Waals surface area (Å²) in [5, 5.41) is 22.8. The third-order valence-corrected chi connectivity index (χ3v) is 7.31. The van der Waals surface area contributed by atoms with Gasteiger partial charge in [-0.25, -0.2) is 9.59 Å². The van der Waals surface area contributed by atoms with Gasteiger partial charge in [-0.3, -0.25) is 4.79 Å². The fourth-order valence-corrected chi connectivity index (χ4v) is 5.55. The summed E-state index contributed by atoms with van der Waals surface area (Å²) in [5.74, 6) is -2.74. The fourth-order valence-electron chi connectivity index (χ4n) is 5.55. The van der Waals surface area contributed by atoms with Crippen molar-refractivity contribution >= 4 is 41.6 Å². The number of fused-ring (bicyclic) bond motifs is 1. The normalized spacial score (nSPS) is 17.3. The van der Waals surface area contributed by atoms with Gasteiger partial charge >= 0.3 is 11.9 Å². The molecule has 4 rings (SSSR count). The Kier molecular flexibility index (Phi) is 7.34. The van der Waals surface area contributed by atoms with E-state index in [2.05, 4.69) is 5.32 Å². The highest BCUT2D eigenvalue weighted by molar-refractivity contribution is 6.79. The fraction of sp³-hybridized carbons (Fsp3) is 0.462. The number of aromatic carboxylic acids is 2. The van der Waals surface area contributed by atoms with E-state index in [1.165, 1.54) is 24.3 Å². The standard InChI is InChI=1S/C26H30BNO6/c29-23(27-15-7-3-1-4-8-15)17-11-13-20(26(33)34)22-18(12-14-19(21(17)22)25(31)32)24(30)28-16-9-5-2-6-10-16/h11-16,27H,1-10H2,(H,28,30)(H,31,32)(H,33,34). The second-order valence-electron chi connectivity index (χ2n) is 9.62. The minimum absolute atomic E-state index is 0.000144. The molecule has 8 heteroatoms. The van der Waals surface area contributed by atoms with Gasteiger partial charge in [0.2, 0.25) is 7.28 Å². The molecule has 0 aliphatic heterocycles. The predicted octanol–water partition coefficient (Wildman–Crippen LogP) is 4.63. The van der Waals surface area contributed by atoms with Gasteiger partial charge in [0.1, 0.15) is 5.68 Å². The highest BCUT2D eigenvalue weighted by Crippen LogP contribution is 2.33. The van der Waals surface area contributed by atoms with Crippen molar-refractivity contribution in [2.45, 2.75) is 76.1 Å². The second-order valence-corrected chi connectivity index (χ2v) is 9.62. The number of nitrogens with one attached hydrogen (secondary N) is 1. The first-order chi connectivity index (χ1) is 16.4. The van der Waals surface area contributed by atoms with Crippen molar-refractivity contribution in [2.75, 3.05) is 0 Å². The molecule has 0 unspecified atom stereocenters. The summed E-state index contributed by atoms with van der Waals surface area (Å²) >= 11 is 0. The quantitative estimate of drug-likeness (QED) is 0.515. The monoisotopic (exact) mass is 463 g/mol. The molecule has 34 heavy (non-hydrogen) atoms. The average Bonchev–Trinajstić information content (AvgIpc) is 2.83. The van der Waals surface area contributed by atoms with Gasteiger partial charge in [-0.15, -0.1) is 0 Å². The van der Waals surface area contributed by atoms with E-state index in [-0.39, 0.29) is 50.6 Å². The summed E-state index contributed by atoms with van der Waals surface area (Å²) < 4.78 is 0. The molecule has 2 aliphatic rings. The SMILES string of the molecule is O=C(O)c1ccc(C(=O)NC2CCCCC2)c2c(C(=O)O)ccc(C(=O)BC3CCCCC3)c12. The molecule has 0 spiro atoms. The van der Waals surface area contributed by atoms with Crippen LogP contribution < -0.4 is 5.32 Å². The van der Waals surface area contributed by atoms with Crippen LogP contribution in [0.3, 0.4) is 0 Å². The zero-order chi connectivity index (χ0) is 24.2. The molecule has 0 saturated heterocycles. The van der Waals surface area contributed by atoms with Crippen LogP contribution in [0.15, 0.2) is 24.3 Å². The topological polar surface area (TPSA) is 121 Å². The Morgan fingerprint density at radius 2 is 1.15 bits per heavy atom. The van der Waals surface area contributed by atoms with Crippen molar-refractivity contribution in [3.05, 3.63) is 46.5 Å². The molecule has 7 nitrogen and oxygen atoms in total. The van der Waals surface area contributed by atoms with Crippen molar-refractivity contribution in [2.24, 2.45) is 0 Å². The Labute approximate surface area is 199 Å². The van der Waals surface area contributed by atoms with Crippen LogP contribution in [0.5, 0.6) is 0 Å². The molecule has 2 aromatic rings. The zero-order valence-corrected chi connectivity index (χ0v) is 19.3. The highest BCUT2D eigenvalue weighted by Gasteiger charge is 2.28. The Morgan fingerprint density at radius 1 is 0.676 bits per heavy atom. The number of rotatable bonds is 7. The molecule has 0 aromatic heterocycles. The summed E-state index contributed by atoms with van der Waals surface area (Å²) in [5.41, 5.74) is -0.285. The minimum Gasteiger partial charge on any atom is -0.478 e. The van der Waals surface area contributed by atoms with Crippen LogP contribution in [0.4, 0.5) is 0 Å². The number of carboxylic acids is 2. The molecule has 0 bridgehead atoms. The zero-order valence-electron chi connectivity index (χ0n) is 19.3. The number of carbonyl (C=O) groups excluding carboxylic acids is 2. The molecular formula is C26H30BNO6. The number of hydrogen-bond acceptors (Lipinski definition) is 4. The lowest BCUT2D eigenvalue weighted by Crippen LogP contribution is -2.36. The molecule has 2 aromatic carbocycles. The van der Waals surface area contributed by atoms with Crippen LogP contribution in [0.25, 0.3) is 10.8 Å². The number of benzene rings is 2. The summed E-state index contributed by atoms with van der Waals surface area (Å²) in [4.78, 5) is 50.8. The lowest BCUT2D eigenvalue weighted by molar-refractivity contribution is 0.0686. The van der Waals surface area contributed by atoms with Crippen molar-refractivity contribution in [1.82, 2.24) is 5.32 Å². The van der Waals surface area contributed by atoms with Crippen LogP contribution in [0.2, 0.25) is 5.82 Å². The van der Waals surface area contributed by atoms with Gasteiger partial charge in [0.25, 0.3) is 5.91 Å². The van der Waals surface area contributed by atoms with Crippen LogP contribution in [0, 0.1) is 0 Å². The van der Waals surface area contributed by atoms with E-state index in [1.54, 1.807) is 0 Å². The van der Waals surface area contributed by atoms with Crippen LogP contribution in [0.1, 0.15) is 106 Å². The maximum Gasteiger partial charge on any atom is 0.336 e. The predicted molar refractivity (Wildman–Crippen MR) is 131 cm³/mol. The Morgan fingerprint density at radius 3 is 1.71 bits per heavy atom. The summed E-state index contributed by atoms with van der Waals surface area (Å²) in [7, 11) is 0.291. The number of hydrogen-bond donors (Lipinski definition) is 3. The average molecular weight is 463 g/mol. The molecule has 0 atom stereocenters. The maximum absolute atomic E-state index is 13.3. The van der Waals surface area contributed by atoms with Gasteiger partial charge in [-0.1, -0.05) is 63.3 Å². The number of carboxylic acid groups (broad SMARTS) is 2. The van der Waals surface area contributed by atoms with E-state index in [9.17, 15) is 29.4 Å². The highest BCUT2D eigenvalue weighted by atomic mass is 16.4. The number of amides is 1. The van der Waals surface area contributed by atoms with Gasteiger partial charge in [0, 0.05) is 27.9 Å². The maximum atomic E-state index is 13.3. The lowest BCUT2D eigenvalue weighted by atomic mass is 9.54. The second kappa shape index (κ2) is 10.4. The smallest absolute Gasteiger partial charge is 0.336 e. The molecular weight excluding hydrogens is 433 g/mol. The molecule has 2 saturated carbocycles. The van der Waals surface area contributed by atoms with Crippen molar-refractivity contribution in [3.63, 3.8) is 0 Å². The Bertz CT molecular complexity index is 1040. The number of carbonyl (C=O) groups is 4. The first kappa shape index (κ1) is 24.0. The van der Waals surface area contributed by atoms with E-state index in [0.29, 0.717) is 7.28 Å². The van der Waals surface area contributed by atoms with Gasteiger partial charge in [0.15, 0.2) is 0 Å². The largest absolute Gasteiger partial charge is 0.478 e. The summed E-state index contributed by atoms with van der Waals surface area (Å²) in [6, 6.07) is 5.41. The molecule has 0 heterocycles. The van der Waals surface area contributed by atoms with Gasteiger partial charge < -0.3 is 20.3 Å². The van der Waals surface area contributed by atoms with E-state index in [0.717, 1.165) is 64.2 Å². The molecule has 3 N–H and O–H groups in total. The van der Waals surface area contributed by atoms with Crippen LogP contribution >= 0.6 is 0 Å². The van der Waals surface area contributed by atoms with E-state index < -0.39 is 17.8 Å².